The lowest BCUT2D eigenvalue weighted by Crippen LogP contribution is -2.27. The van der Waals surface area contributed by atoms with Gasteiger partial charge in [0.15, 0.2) is 0 Å². The summed E-state index contributed by atoms with van der Waals surface area (Å²) in [5.74, 6) is 0.0730. The maximum Gasteiger partial charge on any atom is 0.221 e. The van der Waals surface area contributed by atoms with Crippen LogP contribution in [0.15, 0.2) is 5.38 Å². The summed E-state index contributed by atoms with van der Waals surface area (Å²) in [5, 5.41) is 8.90. The van der Waals surface area contributed by atoms with E-state index in [0.717, 1.165) is 23.8 Å². The molecule has 5 heteroatoms. The van der Waals surface area contributed by atoms with Gasteiger partial charge >= 0.3 is 0 Å². The third kappa shape index (κ3) is 4.90. The van der Waals surface area contributed by atoms with Crippen molar-refractivity contribution in [3.05, 3.63) is 16.1 Å². The van der Waals surface area contributed by atoms with E-state index in [4.69, 9.17) is 0 Å². The van der Waals surface area contributed by atoms with E-state index in [-0.39, 0.29) is 5.91 Å². The van der Waals surface area contributed by atoms with Crippen molar-refractivity contribution < 1.29 is 4.79 Å². The lowest BCUT2D eigenvalue weighted by Gasteiger charge is -2.03. The molecule has 2 N–H and O–H groups in total. The standard InChI is InChI=1S/C10H17N3OS/c1-3-11-5-4-9(14)12-6-10-13-8(2)7-15-10/h7,11H,3-6H2,1-2H3,(H,12,14). The van der Waals surface area contributed by atoms with Gasteiger partial charge in [0.2, 0.25) is 5.91 Å². The number of amides is 1. The Morgan fingerprint density at radius 1 is 1.60 bits per heavy atom. The van der Waals surface area contributed by atoms with Crippen LogP contribution in [0.2, 0.25) is 0 Å². The average molecular weight is 227 g/mol. The molecule has 0 aliphatic heterocycles. The first-order valence-electron chi connectivity index (χ1n) is 5.10. The Kier molecular flexibility index (Phi) is 5.28. The zero-order valence-electron chi connectivity index (χ0n) is 9.17. The Bertz CT molecular complexity index is 311. The molecule has 0 saturated heterocycles. The molecule has 1 rings (SSSR count). The monoisotopic (exact) mass is 227 g/mol. The van der Waals surface area contributed by atoms with Gasteiger partial charge < -0.3 is 10.6 Å². The van der Waals surface area contributed by atoms with E-state index in [9.17, 15) is 4.79 Å². The molecule has 15 heavy (non-hydrogen) atoms. The molecule has 0 aliphatic rings. The summed E-state index contributed by atoms with van der Waals surface area (Å²) in [6, 6.07) is 0. The number of aryl methyl sites for hydroxylation is 1. The highest BCUT2D eigenvalue weighted by atomic mass is 32.1. The lowest BCUT2D eigenvalue weighted by atomic mass is 10.4. The number of carbonyl (C=O) groups excluding carboxylic acids is 1. The summed E-state index contributed by atoms with van der Waals surface area (Å²) in [5.41, 5.74) is 1.01. The largest absolute Gasteiger partial charge is 0.350 e. The number of hydrogen-bond acceptors (Lipinski definition) is 4. The van der Waals surface area contributed by atoms with Crippen molar-refractivity contribution >= 4 is 17.2 Å². The normalized spacial score (nSPS) is 10.3. The molecule has 1 aromatic heterocycles. The van der Waals surface area contributed by atoms with Crippen molar-refractivity contribution in [1.29, 1.82) is 0 Å². The first-order valence-corrected chi connectivity index (χ1v) is 5.98. The van der Waals surface area contributed by atoms with E-state index >= 15 is 0 Å². The smallest absolute Gasteiger partial charge is 0.221 e. The number of hydrogen-bond donors (Lipinski definition) is 2. The summed E-state index contributed by atoms with van der Waals surface area (Å²) in [4.78, 5) is 15.6. The van der Waals surface area contributed by atoms with Crippen LogP contribution in [0.3, 0.4) is 0 Å². The van der Waals surface area contributed by atoms with Gasteiger partial charge in [-0.15, -0.1) is 11.3 Å². The number of carbonyl (C=O) groups is 1. The van der Waals surface area contributed by atoms with E-state index in [0.29, 0.717) is 13.0 Å². The Balaban J connectivity index is 2.16. The van der Waals surface area contributed by atoms with Crippen LogP contribution >= 0.6 is 11.3 Å². The number of nitrogens with one attached hydrogen (secondary N) is 2. The minimum Gasteiger partial charge on any atom is -0.350 e. The van der Waals surface area contributed by atoms with Gasteiger partial charge in [0.25, 0.3) is 0 Å². The second kappa shape index (κ2) is 6.53. The number of aromatic nitrogens is 1. The van der Waals surface area contributed by atoms with Crippen molar-refractivity contribution in [2.45, 2.75) is 26.8 Å². The topological polar surface area (TPSA) is 54.0 Å². The molecule has 84 valence electrons. The molecule has 0 aliphatic carbocycles. The minimum absolute atomic E-state index is 0.0730. The van der Waals surface area contributed by atoms with Crippen molar-refractivity contribution in [3.63, 3.8) is 0 Å². The second-order valence-corrected chi connectivity index (χ2v) is 4.21. The molecule has 0 radical (unpaired) electrons. The van der Waals surface area contributed by atoms with Gasteiger partial charge in [-0.1, -0.05) is 6.92 Å². The SMILES string of the molecule is CCNCCC(=O)NCc1nc(C)cs1. The van der Waals surface area contributed by atoms with E-state index in [1.165, 1.54) is 0 Å². The van der Waals surface area contributed by atoms with Crippen LogP contribution in [0, 0.1) is 6.92 Å². The number of nitrogens with zero attached hydrogens (tertiary/aromatic N) is 1. The minimum atomic E-state index is 0.0730. The maximum atomic E-state index is 11.3. The summed E-state index contributed by atoms with van der Waals surface area (Å²) in [6.45, 7) is 6.16. The predicted octanol–water partition coefficient (Wildman–Crippen LogP) is 1.07. The van der Waals surface area contributed by atoms with Crippen molar-refractivity contribution in [2.75, 3.05) is 13.1 Å². The molecule has 0 spiro atoms. The summed E-state index contributed by atoms with van der Waals surface area (Å²) in [6.07, 6.45) is 0.526. The average Bonchev–Trinajstić information content (AvgIpc) is 2.62. The quantitative estimate of drug-likeness (QED) is 0.715. The van der Waals surface area contributed by atoms with Crippen LogP contribution in [0.1, 0.15) is 24.0 Å². The molecule has 1 aromatic rings. The fraction of sp³-hybridized carbons (Fsp3) is 0.600. The first kappa shape index (κ1) is 12.1. The number of rotatable bonds is 6. The van der Waals surface area contributed by atoms with Gasteiger partial charge in [0.1, 0.15) is 5.01 Å². The Hall–Kier alpha value is -0.940. The second-order valence-electron chi connectivity index (χ2n) is 3.26. The number of thiazole rings is 1. The van der Waals surface area contributed by atoms with E-state index in [1.807, 2.05) is 19.2 Å². The zero-order valence-corrected chi connectivity index (χ0v) is 9.99. The molecular weight excluding hydrogens is 210 g/mol. The maximum absolute atomic E-state index is 11.3. The van der Waals surface area contributed by atoms with Gasteiger partial charge in [0, 0.05) is 24.0 Å². The highest BCUT2D eigenvalue weighted by Gasteiger charge is 2.02. The third-order valence-electron chi connectivity index (χ3n) is 1.88. The van der Waals surface area contributed by atoms with E-state index < -0.39 is 0 Å². The molecule has 0 fully saturated rings. The molecule has 0 aromatic carbocycles. The summed E-state index contributed by atoms with van der Waals surface area (Å²) in [7, 11) is 0. The molecule has 0 unspecified atom stereocenters. The van der Waals surface area contributed by atoms with Crippen LogP contribution in [-0.2, 0) is 11.3 Å². The molecule has 0 atom stereocenters. The van der Waals surface area contributed by atoms with Gasteiger partial charge in [-0.2, -0.15) is 0 Å². The Morgan fingerprint density at radius 3 is 3.00 bits per heavy atom. The van der Waals surface area contributed by atoms with Gasteiger partial charge in [-0.25, -0.2) is 4.98 Å². The first-order chi connectivity index (χ1) is 7.22. The van der Waals surface area contributed by atoms with Crippen LogP contribution in [-0.4, -0.2) is 24.0 Å². The third-order valence-corrected chi connectivity index (χ3v) is 2.85. The fourth-order valence-corrected chi connectivity index (χ4v) is 1.84. The molecule has 4 nitrogen and oxygen atoms in total. The Morgan fingerprint density at radius 2 is 2.40 bits per heavy atom. The summed E-state index contributed by atoms with van der Waals surface area (Å²) >= 11 is 1.58. The van der Waals surface area contributed by atoms with Crippen LogP contribution in [0.5, 0.6) is 0 Å². The summed E-state index contributed by atoms with van der Waals surface area (Å²) < 4.78 is 0. The van der Waals surface area contributed by atoms with Crippen LogP contribution in [0.25, 0.3) is 0 Å². The van der Waals surface area contributed by atoms with E-state index in [1.54, 1.807) is 11.3 Å². The lowest BCUT2D eigenvalue weighted by molar-refractivity contribution is -0.121. The van der Waals surface area contributed by atoms with Crippen LogP contribution < -0.4 is 10.6 Å². The van der Waals surface area contributed by atoms with Crippen molar-refractivity contribution in [3.8, 4) is 0 Å². The highest BCUT2D eigenvalue weighted by Crippen LogP contribution is 2.07. The zero-order chi connectivity index (χ0) is 11.1. The molecular formula is C10H17N3OS. The molecule has 0 bridgehead atoms. The predicted molar refractivity (Wildman–Crippen MR) is 61.9 cm³/mol. The molecule has 1 heterocycles. The fourth-order valence-electron chi connectivity index (χ4n) is 1.13. The van der Waals surface area contributed by atoms with Crippen molar-refractivity contribution in [1.82, 2.24) is 15.6 Å². The highest BCUT2D eigenvalue weighted by molar-refractivity contribution is 7.09. The molecule has 1 amide bonds. The van der Waals surface area contributed by atoms with Gasteiger partial charge in [-0.3, -0.25) is 4.79 Å². The van der Waals surface area contributed by atoms with Crippen molar-refractivity contribution in [2.24, 2.45) is 0 Å². The molecule has 0 saturated carbocycles. The van der Waals surface area contributed by atoms with Gasteiger partial charge in [0.05, 0.1) is 6.54 Å². The Labute approximate surface area is 94.1 Å². The van der Waals surface area contributed by atoms with E-state index in [2.05, 4.69) is 15.6 Å². The van der Waals surface area contributed by atoms with Gasteiger partial charge in [-0.05, 0) is 13.5 Å². The van der Waals surface area contributed by atoms with Crippen LogP contribution in [0.4, 0.5) is 0 Å².